The lowest BCUT2D eigenvalue weighted by atomic mass is 10.1. The topological polar surface area (TPSA) is 290 Å². The van der Waals surface area contributed by atoms with Crippen molar-refractivity contribution in [2.75, 3.05) is 97.3 Å². The summed E-state index contributed by atoms with van der Waals surface area (Å²) in [5, 5.41) is 51.1. The molecule has 0 bridgehead atoms. The Balaban J connectivity index is 1.57. The molecule has 2 heterocycles. The molecule has 0 aliphatic carbocycles. The molecule has 10 N–H and O–H groups in total. The van der Waals surface area contributed by atoms with Gasteiger partial charge in [-0.1, -0.05) is 57.0 Å². The number of rotatable bonds is 30. The van der Waals surface area contributed by atoms with Crippen molar-refractivity contribution in [2.45, 2.75) is 76.4 Å². The summed E-state index contributed by atoms with van der Waals surface area (Å²) in [5.74, 6) is 1.31. The van der Waals surface area contributed by atoms with Crippen LogP contribution in [0.5, 0.6) is 0 Å². The smallest absolute Gasteiger partial charge is 0.295 e. The SMILES string of the molecule is CCN(CC)CCCNc1nc(NCC(C)O)nc(Nc2ccc(C=Cc3ccc(Nc4nc(NCCCN(CC)CC)nc(NCC(C)O)n4)cc3S(=O)(=O)O)c(SOOO)c2)n1. The van der Waals surface area contributed by atoms with E-state index in [0.29, 0.717) is 47.2 Å². The zero-order chi connectivity index (χ0) is 46.5. The van der Waals surface area contributed by atoms with Gasteiger partial charge in [0.15, 0.2) is 0 Å². The average Bonchev–Trinajstić information content (AvgIpc) is 3.26. The van der Waals surface area contributed by atoms with Gasteiger partial charge in [-0.3, -0.25) is 4.55 Å². The summed E-state index contributed by atoms with van der Waals surface area (Å²) < 4.78 is 40.6. The van der Waals surface area contributed by atoms with E-state index in [1.165, 1.54) is 18.2 Å². The number of hydrogen-bond acceptors (Lipinski definition) is 22. The van der Waals surface area contributed by atoms with E-state index >= 15 is 0 Å². The number of aliphatic hydroxyl groups is 2. The molecule has 2 atom stereocenters. The van der Waals surface area contributed by atoms with Crippen molar-refractivity contribution in [2.24, 2.45) is 0 Å². The molecule has 2 unspecified atom stereocenters. The summed E-state index contributed by atoms with van der Waals surface area (Å²) in [6.45, 7) is 18.9. The van der Waals surface area contributed by atoms with E-state index < -0.39 is 27.2 Å². The van der Waals surface area contributed by atoms with Crippen LogP contribution in [0.25, 0.3) is 12.2 Å². The Labute approximate surface area is 379 Å². The zero-order valence-corrected chi connectivity index (χ0v) is 38.7. The number of nitrogens with one attached hydrogen (secondary N) is 6. The third-order valence-electron chi connectivity index (χ3n) is 9.45. The number of hydrogen-bond donors (Lipinski definition) is 10. The first kappa shape index (κ1) is 51.6. The highest BCUT2D eigenvalue weighted by molar-refractivity contribution is 7.94. The third kappa shape index (κ3) is 17.9. The van der Waals surface area contributed by atoms with Crippen LogP contribution < -0.4 is 31.9 Å². The Morgan fingerprint density at radius 1 is 0.656 bits per heavy atom. The molecule has 0 aliphatic heterocycles. The fourth-order valence-corrected chi connectivity index (χ4v) is 7.25. The molecular formula is C40H62N14O8S2. The summed E-state index contributed by atoms with van der Waals surface area (Å²) in [7, 11) is -4.75. The quantitative estimate of drug-likeness (QED) is 0.00796. The maximum Gasteiger partial charge on any atom is 0.295 e. The van der Waals surface area contributed by atoms with Crippen molar-refractivity contribution in [1.82, 2.24) is 39.7 Å². The van der Waals surface area contributed by atoms with Crippen LogP contribution in [0.15, 0.2) is 46.2 Å². The lowest BCUT2D eigenvalue weighted by molar-refractivity contribution is -0.432. The minimum Gasteiger partial charge on any atom is -0.392 e. The summed E-state index contributed by atoms with van der Waals surface area (Å²) in [6, 6.07) is 9.42. The second-order valence-electron chi connectivity index (χ2n) is 14.5. The van der Waals surface area contributed by atoms with Gasteiger partial charge >= 0.3 is 0 Å². The molecular weight excluding hydrogens is 869 g/mol. The van der Waals surface area contributed by atoms with E-state index in [2.05, 4.69) is 104 Å². The summed E-state index contributed by atoms with van der Waals surface area (Å²) in [5.41, 5.74) is 1.43. The molecule has 0 saturated carbocycles. The first-order chi connectivity index (χ1) is 30.7. The van der Waals surface area contributed by atoms with Crippen molar-refractivity contribution in [1.29, 1.82) is 0 Å². The maximum absolute atomic E-state index is 12.7. The predicted octanol–water partition coefficient (Wildman–Crippen LogP) is 5.26. The fourth-order valence-electron chi connectivity index (χ4n) is 6.03. The standard InChI is InChI=1S/C40H62N14O8S2/c1-7-53(8-2)21-11-19-41-35-47-37(43-25-27(5)55)51-39(49-35)45-31-17-15-29(33(23-31)63-62-61-57)13-14-30-16-18-32(24-34(30)64(58,59)60)46-40-50-36(42-20-12-22-54(9-3)10-4)48-38(52-40)44-26-28(6)56/h13-18,23-24,27-28,55-57H,7-12,19-22,25-26H2,1-6H3,(H,58,59,60)(H3,41,43,45,47,49,51)(H3,42,44,46,48,50,52). The van der Waals surface area contributed by atoms with E-state index in [-0.39, 0.29) is 54.1 Å². The minimum absolute atomic E-state index is 0.0863. The molecule has 2 aromatic heterocycles. The second kappa shape index (κ2) is 26.7. The number of aromatic nitrogens is 6. The van der Waals surface area contributed by atoms with Gasteiger partial charge in [0.1, 0.15) is 4.90 Å². The summed E-state index contributed by atoms with van der Waals surface area (Å²) >= 11 is 0.678. The highest BCUT2D eigenvalue weighted by Gasteiger charge is 2.17. The summed E-state index contributed by atoms with van der Waals surface area (Å²) in [6.07, 6.45) is 3.46. The minimum atomic E-state index is -4.75. The molecule has 0 fully saturated rings. The van der Waals surface area contributed by atoms with Crippen LogP contribution in [-0.2, 0) is 19.5 Å². The number of nitrogens with zero attached hydrogens (tertiary/aromatic N) is 8. The van der Waals surface area contributed by atoms with Crippen LogP contribution in [0.2, 0.25) is 0 Å². The van der Waals surface area contributed by atoms with Crippen LogP contribution >= 0.6 is 12.0 Å². The van der Waals surface area contributed by atoms with Crippen molar-refractivity contribution < 1.29 is 37.8 Å². The lowest BCUT2D eigenvalue weighted by Crippen LogP contribution is -2.25. The van der Waals surface area contributed by atoms with Crippen LogP contribution in [0.3, 0.4) is 0 Å². The predicted molar refractivity (Wildman–Crippen MR) is 251 cm³/mol. The van der Waals surface area contributed by atoms with Gasteiger partial charge in [0.2, 0.25) is 35.7 Å². The molecule has 0 radical (unpaired) electrons. The largest absolute Gasteiger partial charge is 0.392 e. The van der Waals surface area contributed by atoms with Gasteiger partial charge in [0.25, 0.3) is 10.1 Å². The van der Waals surface area contributed by atoms with Gasteiger partial charge in [-0.05, 0) is 101 Å². The Kier molecular flexibility index (Phi) is 21.5. The van der Waals surface area contributed by atoms with Crippen LogP contribution in [-0.4, -0.2) is 146 Å². The summed E-state index contributed by atoms with van der Waals surface area (Å²) in [4.78, 5) is 31.3. The Morgan fingerprint density at radius 3 is 1.52 bits per heavy atom. The van der Waals surface area contributed by atoms with E-state index in [1.807, 2.05) is 0 Å². The molecule has 64 heavy (non-hydrogen) atoms. The maximum atomic E-state index is 12.7. The fraction of sp³-hybridized carbons (Fsp3) is 0.500. The molecule has 0 saturated heterocycles. The number of anilines is 8. The molecule has 24 heteroatoms. The van der Waals surface area contributed by atoms with E-state index in [1.54, 1.807) is 44.2 Å². The van der Waals surface area contributed by atoms with Gasteiger partial charge in [-0.25, -0.2) is 5.26 Å². The molecule has 22 nitrogen and oxygen atoms in total. The lowest BCUT2D eigenvalue weighted by Gasteiger charge is -2.18. The Hall–Kier alpha value is -5.02. The van der Waals surface area contributed by atoms with Gasteiger partial charge in [-0.15, -0.1) is 4.33 Å². The normalized spacial score (nSPS) is 12.8. The van der Waals surface area contributed by atoms with Crippen LogP contribution in [0.4, 0.5) is 47.1 Å². The molecule has 352 valence electrons. The second-order valence-corrected chi connectivity index (χ2v) is 16.6. The molecule has 0 amide bonds. The van der Waals surface area contributed by atoms with E-state index in [9.17, 15) is 23.2 Å². The first-order valence-electron chi connectivity index (χ1n) is 21.1. The molecule has 4 rings (SSSR count). The molecule has 2 aromatic carbocycles. The van der Waals surface area contributed by atoms with Crippen molar-refractivity contribution in [3.63, 3.8) is 0 Å². The highest BCUT2D eigenvalue weighted by atomic mass is 32.2. The number of benzene rings is 2. The van der Waals surface area contributed by atoms with Gasteiger partial charge in [-0.2, -0.15) is 38.3 Å². The van der Waals surface area contributed by atoms with Crippen molar-refractivity contribution in [3.8, 4) is 0 Å². The molecule has 4 aromatic rings. The van der Waals surface area contributed by atoms with Gasteiger partial charge in [0.05, 0.1) is 24.3 Å². The van der Waals surface area contributed by atoms with Crippen LogP contribution in [0, 0.1) is 0 Å². The van der Waals surface area contributed by atoms with Crippen molar-refractivity contribution >= 4 is 81.4 Å². The first-order valence-corrected chi connectivity index (χ1v) is 23.3. The van der Waals surface area contributed by atoms with Gasteiger partial charge in [0, 0.05) is 42.4 Å². The van der Waals surface area contributed by atoms with E-state index in [4.69, 9.17) is 9.59 Å². The Bertz CT molecular complexity index is 2180. The Morgan fingerprint density at radius 2 is 1.08 bits per heavy atom. The monoisotopic (exact) mass is 930 g/mol. The molecule has 0 spiro atoms. The molecule has 0 aliphatic rings. The average molecular weight is 931 g/mol. The third-order valence-corrected chi connectivity index (χ3v) is 11.0. The zero-order valence-electron chi connectivity index (χ0n) is 37.1. The van der Waals surface area contributed by atoms with E-state index in [0.717, 1.165) is 52.1 Å². The highest BCUT2D eigenvalue weighted by Crippen LogP contribution is 2.31. The van der Waals surface area contributed by atoms with Gasteiger partial charge < -0.3 is 51.9 Å². The number of aliphatic hydroxyl groups excluding tert-OH is 2. The van der Waals surface area contributed by atoms with Crippen LogP contribution in [0.1, 0.15) is 65.5 Å². The van der Waals surface area contributed by atoms with Crippen molar-refractivity contribution in [3.05, 3.63) is 47.5 Å².